The number of amides is 2. The van der Waals surface area contributed by atoms with Crippen molar-refractivity contribution >= 4 is 6.03 Å². The van der Waals surface area contributed by atoms with Crippen LogP contribution in [-0.2, 0) is 0 Å². The maximum Gasteiger partial charge on any atom is 0.312 e. The number of carbonyl (C=O) groups is 1. The molecule has 1 aliphatic rings. The van der Waals surface area contributed by atoms with E-state index in [1.807, 2.05) is 0 Å². The van der Waals surface area contributed by atoms with E-state index < -0.39 is 6.03 Å². The monoisotopic (exact) mass is 114 g/mol. The number of nitrogens with two attached hydrogens (primary N) is 1. The predicted octanol–water partition coefficient (Wildman–Crippen LogP) is 0.0631. The Hall–Kier alpha value is -0.730. The molecule has 2 amide bonds. The number of nitrogens with one attached hydrogen (secondary N) is 1. The van der Waals surface area contributed by atoms with Gasteiger partial charge in [0.1, 0.15) is 0 Å². The molecule has 0 bridgehead atoms. The molecule has 3 N–H and O–H groups in total. The lowest BCUT2D eigenvalue weighted by Crippen LogP contribution is -2.31. The number of carbonyl (C=O) groups excluding carboxylic acids is 1. The van der Waals surface area contributed by atoms with E-state index in [1.54, 1.807) is 0 Å². The van der Waals surface area contributed by atoms with Crippen molar-refractivity contribution in [3.05, 3.63) is 0 Å². The summed E-state index contributed by atoms with van der Waals surface area (Å²) in [5, 5.41) is 2.61. The molecule has 46 valence electrons. The van der Waals surface area contributed by atoms with Crippen LogP contribution in [0.3, 0.4) is 0 Å². The highest BCUT2D eigenvalue weighted by Gasteiger charge is 2.33. The van der Waals surface area contributed by atoms with Crippen LogP contribution in [0, 0.1) is 5.92 Å². The van der Waals surface area contributed by atoms with E-state index >= 15 is 0 Å². The summed E-state index contributed by atoms with van der Waals surface area (Å²) in [5.74, 6) is 0.641. The van der Waals surface area contributed by atoms with Crippen LogP contribution >= 0.6 is 0 Å². The van der Waals surface area contributed by atoms with Gasteiger partial charge in [-0.1, -0.05) is 6.92 Å². The Kier molecular flexibility index (Phi) is 1.12. The van der Waals surface area contributed by atoms with Crippen molar-refractivity contribution in [1.29, 1.82) is 0 Å². The van der Waals surface area contributed by atoms with E-state index in [0.717, 1.165) is 6.42 Å². The van der Waals surface area contributed by atoms with Gasteiger partial charge in [0.2, 0.25) is 0 Å². The summed E-state index contributed by atoms with van der Waals surface area (Å²) in [5.41, 5.74) is 4.85. The van der Waals surface area contributed by atoms with Crippen LogP contribution < -0.4 is 11.1 Å². The van der Waals surface area contributed by atoms with E-state index in [2.05, 4.69) is 12.2 Å². The minimum atomic E-state index is -0.403. The number of primary amides is 1. The van der Waals surface area contributed by atoms with Gasteiger partial charge in [0, 0.05) is 6.04 Å². The van der Waals surface area contributed by atoms with Crippen LogP contribution in [0.1, 0.15) is 13.3 Å². The maximum atomic E-state index is 10.1. The molecule has 8 heavy (non-hydrogen) atoms. The van der Waals surface area contributed by atoms with Gasteiger partial charge in [-0.25, -0.2) is 4.79 Å². The van der Waals surface area contributed by atoms with Crippen LogP contribution in [0.5, 0.6) is 0 Å². The summed E-state index contributed by atoms with van der Waals surface area (Å²) in [6, 6.07) is -0.0353. The first kappa shape index (κ1) is 5.41. The lowest BCUT2D eigenvalue weighted by molar-refractivity contribution is 0.248. The van der Waals surface area contributed by atoms with Gasteiger partial charge in [-0.3, -0.25) is 0 Å². The molecule has 0 unspecified atom stereocenters. The molecule has 0 aromatic heterocycles. The van der Waals surface area contributed by atoms with Crippen molar-refractivity contribution in [2.75, 3.05) is 0 Å². The van der Waals surface area contributed by atoms with Crippen molar-refractivity contribution < 1.29 is 4.79 Å². The Morgan fingerprint density at radius 2 is 2.38 bits per heavy atom. The van der Waals surface area contributed by atoms with E-state index in [4.69, 9.17) is 5.73 Å². The van der Waals surface area contributed by atoms with E-state index in [1.165, 1.54) is 0 Å². The van der Waals surface area contributed by atoms with Crippen molar-refractivity contribution in [3.8, 4) is 0 Å². The van der Waals surface area contributed by atoms with Gasteiger partial charge >= 0.3 is 6.03 Å². The summed E-state index contributed by atoms with van der Waals surface area (Å²) in [6.45, 7) is 2.08. The highest BCUT2D eigenvalue weighted by Crippen LogP contribution is 2.28. The summed E-state index contributed by atoms with van der Waals surface area (Å²) >= 11 is 0. The fourth-order valence-electron chi connectivity index (χ4n) is 0.706. The van der Waals surface area contributed by atoms with Gasteiger partial charge in [-0.2, -0.15) is 0 Å². The molecule has 1 saturated carbocycles. The summed E-state index contributed by atoms with van der Waals surface area (Å²) in [4.78, 5) is 10.1. The molecule has 0 spiro atoms. The van der Waals surface area contributed by atoms with Gasteiger partial charge in [0.05, 0.1) is 0 Å². The van der Waals surface area contributed by atoms with E-state index in [9.17, 15) is 4.79 Å². The molecular weight excluding hydrogens is 104 g/mol. The van der Waals surface area contributed by atoms with E-state index in [-0.39, 0.29) is 0 Å². The second kappa shape index (κ2) is 1.65. The molecule has 0 aliphatic heterocycles. The molecular formula is C5H10N2O. The van der Waals surface area contributed by atoms with Crippen molar-refractivity contribution in [1.82, 2.24) is 5.32 Å². The Morgan fingerprint density at radius 1 is 1.88 bits per heavy atom. The molecule has 0 aromatic carbocycles. The van der Waals surface area contributed by atoms with Crippen molar-refractivity contribution in [2.24, 2.45) is 11.7 Å². The largest absolute Gasteiger partial charge is 0.352 e. The smallest absolute Gasteiger partial charge is 0.312 e. The quantitative estimate of drug-likeness (QED) is 0.497. The van der Waals surface area contributed by atoms with Crippen LogP contribution in [0.2, 0.25) is 0 Å². The van der Waals surface area contributed by atoms with Crippen LogP contribution in [0.15, 0.2) is 0 Å². The molecule has 2 atom stereocenters. The summed E-state index contributed by atoms with van der Waals surface area (Å²) < 4.78 is 0. The molecule has 1 rings (SSSR count). The van der Waals surface area contributed by atoms with Gasteiger partial charge in [0.25, 0.3) is 0 Å². The van der Waals surface area contributed by atoms with Crippen LogP contribution in [0.25, 0.3) is 0 Å². The second-order valence-corrected chi connectivity index (χ2v) is 2.33. The zero-order chi connectivity index (χ0) is 6.15. The average Bonchev–Trinajstić information content (AvgIpc) is 2.17. The summed E-state index contributed by atoms with van der Waals surface area (Å²) in [7, 11) is 0. The third-order valence-electron chi connectivity index (χ3n) is 1.44. The third-order valence-corrected chi connectivity index (χ3v) is 1.44. The molecule has 1 fully saturated rings. The molecule has 0 radical (unpaired) electrons. The molecule has 3 heteroatoms. The van der Waals surface area contributed by atoms with Crippen molar-refractivity contribution in [3.63, 3.8) is 0 Å². The number of hydrogen-bond acceptors (Lipinski definition) is 1. The second-order valence-electron chi connectivity index (χ2n) is 2.33. The van der Waals surface area contributed by atoms with Crippen LogP contribution in [-0.4, -0.2) is 12.1 Å². The fourth-order valence-corrected chi connectivity index (χ4v) is 0.706. The number of rotatable bonds is 1. The average molecular weight is 114 g/mol. The molecule has 0 saturated heterocycles. The summed E-state index contributed by atoms with van der Waals surface area (Å²) in [6.07, 6.45) is 1.09. The highest BCUT2D eigenvalue weighted by molar-refractivity contribution is 5.72. The number of urea groups is 1. The maximum absolute atomic E-state index is 10.1. The van der Waals surface area contributed by atoms with Crippen LogP contribution in [0.4, 0.5) is 4.79 Å². The molecule has 0 heterocycles. The van der Waals surface area contributed by atoms with E-state index in [0.29, 0.717) is 12.0 Å². The molecule has 3 nitrogen and oxygen atoms in total. The standard InChI is InChI=1S/C5H10N2O/c1-3-2-4(3)7-5(6)8/h3-4H,2H2,1H3,(H3,6,7,8)/t3-,4-/m1/s1. The minimum absolute atomic E-state index is 0.368. The number of hydrogen-bond donors (Lipinski definition) is 2. The third kappa shape index (κ3) is 1.12. The Morgan fingerprint density at radius 3 is 2.50 bits per heavy atom. The van der Waals surface area contributed by atoms with Gasteiger partial charge in [-0.15, -0.1) is 0 Å². The topological polar surface area (TPSA) is 55.1 Å². The first-order valence-corrected chi connectivity index (χ1v) is 2.76. The SMILES string of the molecule is C[C@@H]1C[C@H]1NC(N)=O. The van der Waals surface area contributed by atoms with Gasteiger partial charge in [0.15, 0.2) is 0 Å². The Bertz CT molecular complexity index is 113. The normalized spacial score (nSPS) is 34.1. The highest BCUT2D eigenvalue weighted by atomic mass is 16.2. The lowest BCUT2D eigenvalue weighted by Gasteiger charge is -1.94. The first-order chi connectivity index (χ1) is 3.70. The zero-order valence-electron chi connectivity index (χ0n) is 4.85. The minimum Gasteiger partial charge on any atom is -0.352 e. The first-order valence-electron chi connectivity index (χ1n) is 2.76. The molecule has 0 aromatic rings. The van der Waals surface area contributed by atoms with Crippen molar-refractivity contribution in [2.45, 2.75) is 19.4 Å². The van der Waals surface area contributed by atoms with Gasteiger partial charge in [-0.05, 0) is 12.3 Å². The molecule has 1 aliphatic carbocycles. The Labute approximate surface area is 48.2 Å². The Balaban J connectivity index is 2.14. The zero-order valence-corrected chi connectivity index (χ0v) is 4.85. The fraction of sp³-hybridized carbons (Fsp3) is 0.800. The lowest BCUT2D eigenvalue weighted by atomic mass is 10.5. The van der Waals surface area contributed by atoms with Gasteiger partial charge < -0.3 is 11.1 Å². The predicted molar refractivity (Wildman–Crippen MR) is 30.3 cm³/mol.